The Morgan fingerprint density at radius 3 is 1.42 bits per heavy atom. The number of alkyl halides is 2. The van der Waals surface area contributed by atoms with Gasteiger partial charge in [0.15, 0.2) is 30.5 Å². The zero-order valence-electron chi connectivity index (χ0n) is 36.7. The molecule has 67 heavy (non-hydrogen) atoms. The molecule has 360 valence electrons. The highest BCUT2D eigenvalue weighted by molar-refractivity contribution is 7.92. The van der Waals surface area contributed by atoms with Gasteiger partial charge < -0.3 is 27.8 Å². The minimum absolute atomic E-state index is 0.0286. The third-order valence-corrected chi connectivity index (χ3v) is 13.3. The Labute approximate surface area is 419 Å². The molecule has 2 N–H and O–H groups in total. The molecule has 0 fully saturated rings. The summed E-state index contributed by atoms with van der Waals surface area (Å²) in [5, 5.41) is 1.23. The van der Waals surface area contributed by atoms with E-state index in [0.717, 1.165) is 34.8 Å². The van der Waals surface area contributed by atoms with Gasteiger partial charge in [-0.3, -0.25) is 9.44 Å². The van der Waals surface area contributed by atoms with Gasteiger partial charge in [-0.25, -0.2) is 21.8 Å². The van der Waals surface area contributed by atoms with Crippen LogP contribution in [0.5, 0.6) is 23.0 Å². The van der Waals surface area contributed by atoms with Crippen molar-refractivity contribution in [2.75, 3.05) is 46.9 Å². The van der Waals surface area contributed by atoms with Crippen LogP contribution in [0.2, 0.25) is 20.1 Å². The van der Waals surface area contributed by atoms with Crippen LogP contribution in [-0.2, 0) is 44.1 Å². The number of hydrogen-bond donors (Lipinski definition) is 2. The summed E-state index contributed by atoms with van der Waals surface area (Å²) in [7, 11) is -7.12. The van der Waals surface area contributed by atoms with Gasteiger partial charge in [0.05, 0.1) is 50.6 Å². The zero-order chi connectivity index (χ0) is 48.7. The number of oxazole rings is 2. The van der Waals surface area contributed by atoms with E-state index < -0.39 is 30.9 Å². The lowest BCUT2D eigenvalue weighted by Gasteiger charge is -2.38. The van der Waals surface area contributed by atoms with Gasteiger partial charge in [0.25, 0.3) is 0 Å². The molecule has 22 heteroatoms. The Balaban J connectivity index is 1.35. The van der Waals surface area contributed by atoms with E-state index in [-0.39, 0.29) is 61.7 Å². The third-order valence-electron chi connectivity index (χ3n) is 10.7. The van der Waals surface area contributed by atoms with Crippen molar-refractivity contribution < 1.29 is 44.6 Å². The Bertz CT molecular complexity index is 2860. The highest BCUT2D eigenvalue weighted by Gasteiger charge is 2.37. The minimum atomic E-state index is -3.57. The predicted molar refractivity (Wildman–Crippen MR) is 264 cm³/mol. The molecule has 0 saturated heterocycles. The molecule has 0 amide bonds. The number of halogens is 6. The van der Waals surface area contributed by atoms with E-state index in [4.69, 9.17) is 97.4 Å². The number of hydrogen-bond acceptors (Lipinski definition) is 12. The standard InChI is InChI=1S/C45H46Cl6N4O10S2/c1-27-43(55-67(5,58)59)53-40(64-27)26-63-33-12-8-29(9-13-33)45(3,31-22-36(50)42(37(51)23-31)61-19-17-47)15-14-44(2,30-20-34(48)41(35(49)21-30)60-18-16-46)28-6-10-32(11-7-28)62-25-39-52-24-38(65-39)54-66(4,56)57/h6-13,20-24,54-55H,14-19,25-26H2,1-5H3. The Kier molecular flexibility index (Phi) is 17.1. The van der Waals surface area contributed by atoms with Crippen LogP contribution < -0.4 is 28.4 Å². The highest BCUT2D eigenvalue weighted by Crippen LogP contribution is 2.49. The van der Waals surface area contributed by atoms with Crippen molar-refractivity contribution in [2.45, 2.75) is 57.7 Å². The van der Waals surface area contributed by atoms with E-state index in [2.05, 4.69) is 33.3 Å². The molecule has 4 aromatic carbocycles. The first-order valence-corrected chi connectivity index (χ1v) is 26.7. The first-order chi connectivity index (χ1) is 31.6. The molecule has 2 aromatic heterocycles. The summed E-state index contributed by atoms with van der Waals surface area (Å²) >= 11 is 39.4. The van der Waals surface area contributed by atoms with Gasteiger partial charge in [-0.15, -0.1) is 23.2 Å². The van der Waals surface area contributed by atoms with E-state index in [0.29, 0.717) is 61.7 Å². The van der Waals surface area contributed by atoms with Crippen molar-refractivity contribution in [3.05, 3.63) is 139 Å². The van der Waals surface area contributed by atoms with Crippen molar-refractivity contribution in [1.29, 1.82) is 0 Å². The van der Waals surface area contributed by atoms with Gasteiger partial charge in [-0.2, -0.15) is 4.98 Å². The smallest absolute Gasteiger partial charge is 0.234 e. The van der Waals surface area contributed by atoms with Gasteiger partial charge in [-0.1, -0.05) is 84.5 Å². The van der Waals surface area contributed by atoms with Crippen LogP contribution in [0.4, 0.5) is 11.7 Å². The molecule has 6 rings (SSSR count). The molecule has 2 atom stereocenters. The summed E-state index contributed by atoms with van der Waals surface area (Å²) in [6.45, 7) is 6.06. The normalized spacial score (nSPS) is 13.7. The number of nitrogens with zero attached hydrogens (tertiary/aromatic N) is 2. The number of rotatable bonds is 23. The van der Waals surface area contributed by atoms with Crippen molar-refractivity contribution in [2.24, 2.45) is 0 Å². The third kappa shape index (κ3) is 13.5. The van der Waals surface area contributed by atoms with Crippen LogP contribution in [0.15, 0.2) is 87.8 Å². The number of anilines is 2. The Hall–Kier alpha value is -4.26. The van der Waals surface area contributed by atoms with Crippen LogP contribution in [0, 0.1) is 6.92 Å². The van der Waals surface area contributed by atoms with E-state index in [1.165, 1.54) is 6.20 Å². The summed E-state index contributed by atoms with van der Waals surface area (Å²) in [4.78, 5) is 8.32. The first kappa shape index (κ1) is 52.1. The van der Waals surface area contributed by atoms with E-state index in [1.807, 2.05) is 72.8 Å². The average molecular weight is 1080 g/mol. The molecular formula is C45H46Cl6N4O10S2. The lowest BCUT2D eigenvalue weighted by molar-refractivity contribution is 0.260. The summed E-state index contributed by atoms with van der Waals surface area (Å²) in [5.41, 5.74) is 1.83. The fourth-order valence-corrected chi connectivity index (χ4v) is 9.59. The van der Waals surface area contributed by atoms with Crippen molar-refractivity contribution in [3.63, 3.8) is 0 Å². The van der Waals surface area contributed by atoms with E-state index in [9.17, 15) is 16.8 Å². The number of aromatic nitrogens is 2. The van der Waals surface area contributed by atoms with Crippen molar-refractivity contribution >= 4 is 101 Å². The molecule has 2 unspecified atom stereocenters. The maximum atomic E-state index is 11.8. The molecule has 0 saturated carbocycles. The summed E-state index contributed by atoms with van der Waals surface area (Å²) < 4.78 is 86.1. The minimum Gasteiger partial charge on any atom is -0.489 e. The highest BCUT2D eigenvalue weighted by atomic mass is 35.5. The predicted octanol–water partition coefficient (Wildman–Crippen LogP) is 11.8. The monoisotopic (exact) mass is 1080 g/mol. The first-order valence-electron chi connectivity index (χ1n) is 20.3. The number of nitrogens with one attached hydrogen (secondary N) is 2. The zero-order valence-corrected chi connectivity index (χ0v) is 42.9. The summed E-state index contributed by atoms with van der Waals surface area (Å²) in [5.74, 6) is 2.82. The molecular weight excluding hydrogens is 1030 g/mol. The SMILES string of the molecule is Cc1oc(COc2ccc(C(C)(CCC(C)(c3ccc(OCc4ncc(NS(C)(=O)=O)o4)cc3)c3cc(Cl)c(OCCCl)c(Cl)c3)c3cc(Cl)c(OCCCl)c(Cl)c3)cc2)nc1NS(C)(=O)=O. The fraction of sp³-hybridized carbons (Fsp3) is 0.333. The molecule has 0 radical (unpaired) electrons. The molecule has 0 aliphatic carbocycles. The Morgan fingerprint density at radius 1 is 0.597 bits per heavy atom. The molecule has 14 nitrogen and oxygen atoms in total. The van der Waals surface area contributed by atoms with Crippen LogP contribution >= 0.6 is 69.6 Å². The van der Waals surface area contributed by atoms with Crippen LogP contribution in [-0.4, -0.2) is 64.3 Å². The van der Waals surface area contributed by atoms with Gasteiger partial charge >= 0.3 is 0 Å². The number of sulfonamides is 2. The fourth-order valence-electron chi connectivity index (χ4n) is 7.24. The number of aryl methyl sites for hydroxylation is 1. The van der Waals surface area contributed by atoms with Crippen molar-refractivity contribution in [1.82, 2.24) is 9.97 Å². The number of ether oxygens (including phenoxy) is 4. The van der Waals surface area contributed by atoms with E-state index >= 15 is 0 Å². The van der Waals surface area contributed by atoms with Crippen LogP contribution in [0.25, 0.3) is 0 Å². The van der Waals surface area contributed by atoms with Gasteiger partial charge in [-0.05, 0) is 90.6 Å². The maximum absolute atomic E-state index is 11.8. The molecule has 6 aromatic rings. The van der Waals surface area contributed by atoms with Crippen LogP contribution in [0.3, 0.4) is 0 Å². The van der Waals surface area contributed by atoms with Gasteiger partial charge in [0.1, 0.15) is 30.5 Å². The quantitative estimate of drug-likeness (QED) is 0.0580. The lowest BCUT2D eigenvalue weighted by Crippen LogP contribution is -2.31. The van der Waals surface area contributed by atoms with Crippen LogP contribution in [0.1, 0.15) is 66.5 Å². The lowest BCUT2D eigenvalue weighted by atomic mass is 9.66. The molecule has 2 heterocycles. The van der Waals surface area contributed by atoms with Gasteiger partial charge in [0.2, 0.25) is 37.7 Å². The topological polar surface area (TPSA) is 181 Å². The summed E-state index contributed by atoms with van der Waals surface area (Å²) in [6.07, 6.45) is 4.29. The van der Waals surface area contributed by atoms with Gasteiger partial charge in [0, 0.05) is 10.8 Å². The number of benzene rings is 4. The Morgan fingerprint density at radius 2 is 1.01 bits per heavy atom. The second-order valence-electron chi connectivity index (χ2n) is 15.8. The second-order valence-corrected chi connectivity index (χ2v) is 21.7. The largest absolute Gasteiger partial charge is 0.489 e. The average Bonchev–Trinajstić information content (AvgIpc) is 3.86. The summed E-state index contributed by atoms with van der Waals surface area (Å²) in [6, 6.07) is 22.4. The molecule has 0 bridgehead atoms. The molecule has 0 aliphatic heterocycles. The maximum Gasteiger partial charge on any atom is 0.234 e. The molecule has 0 aliphatic rings. The molecule has 0 spiro atoms. The van der Waals surface area contributed by atoms with Crippen molar-refractivity contribution in [3.8, 4) is 23.0 Å². The second kappa shape index (κ2) is 22.0. The van der Waals surface area contributed by atoms with E-state index in [1.54, 1.807) is 6.92 Å².